The molecule has 1 heterocycles. The summed E-state index contributed by atoms with van der Waals surface area (Å²) in [5.74, 6) is -0.0938. The van der Waals surface area contributed by atoms with Gasteiger partial charge in [-0.15, -0.1) is 0 Å². The van der Waals surface area contributed by atoms with Gasteiger partial charge in [-0.1, -0.05) is 25.4 Å². The number of carbonyl (C=O) groups is 1. The molecule has 2 N–H and O–H groups in total. The fourth-order valence-electron chi connectivity index (χ4n) is 1.27. The van der Waals surface area contributed by atoms with Crippen LogP contribution in [0.2, 0.25) is 5.02 Å². The third-order valence-electron chi connectivity index (χ3n) is 2.09. The van der Waals surface area contributed by atoms with E-state index in [1.54, 1.807) is 0 Å². The Bertz CT molecular complexity index is 410. The van der Waals surface area contributed by atoms with Crippen LogP contribution in [0.15, 0.2) is 12.3 Å². The number of aromatic nitrogens is 1. The number of nitrogens with one attached hydrogen (secondary N) is 1. The summed E-state index contributed by atoms with van der Waals surface area (Å²) in [4.78, 5) is 14.9. The lowest BCUT2D eigenvalue weighted by molar-refractivity contribution is 0.0697. The van der Waals surface area contributed by atoms with Crippen molar-refractivity contribution in [3.05, 3.63) is 22.8 Å². The van der Waals surface area contributed by atoms with Gasteiger partial charge in [0, 0.05) is 19.3 Å². The summed E-state index contributed by atoms with van der Waals surface area (Å²) in [6.45, 7) is 5.97. The Hall–Kier alpha value is -1.33. The number of halogens is 1. The standard InChI is InChI=1S/C12H17ClN2O3/c1-8(2)7-18-4-3-14-11-5-9(12(16)17)10(13)6-15-11/h5-6,8H,3-4,7H2,1-2H3,(H,14,15)(H,16,17). The molecule has 1 aromatic heterocycles. The van der Waals surface area contributed by atoms with Gasteiger partial charge >= 0.3 is 5.97 Å². The van der Waals surface area contributed by atoms with Crippen LogP contribution in [0.4, 0.5) is 5.82 Å². The van der Waals surface area contributed by atoms with Crippen molar-refractivity contribution in [2.45, 2.75) is 13.8 Å². The highest BCUT2D eigenvalue weighted by atomic mass is 35.5. The van der Waals surface area contributed by atoms with Gasteiger partial charge in [-0.05, 0) is 12.0 Å². The number of carboxylic acids is 1. The smallest absolute Gasteiger partial charge is 0.337 e. The zero-order valence-electron chi connectivity index (χ0n) is 10.4. The van der Waals surface area contributed by atoms with E-state index in [2.05, 4.69) is 24.1 Å². The van der Waals surface area contributed by atoms with Crippen molar-refractivity contribution in [3.63, 3.8) is 0 Å². The van der Waals surface area contributed by atoms with Gasteiger partial charge < -0.3 is 15.2 Å². The number of hydrogen-bond donors (Lipinski definition) is 2. The largest absolute Gasteiger partial charge is 0.478 e. The molecule has 0 radical (unpaired) electrons. The summed E-state index contributed by atoms with van der Waals surface area (Å²) < 4.78 is 5.39. The van der Waals surface area contributed by atoms with Crippen LogP contribution in [-0.2, 0) is 4.74 Å². The summed E-state index contributed by atoms with van der Waals surface area (Å²) in [5.41, 5.74) is 0.0391. The lowest BCUT2D eigenvalue weighted by Crippen LogP contribution is -2.13. The first kappa shape index (κ1) is 14.7. The molecule has 100 valence electrons. The van der Waals surface area contributed by atoms with E-state index in [0.717, 1.165) is 0 Å². The summed E-state index contributed by atoms with van der Waals surface area (Å²) >= 11 is 5.71. The van der Waals surface area contributed by atoms with E-state index in [4.69, 9.17) is 21.4 Å². The summed E-state index contributed by atoms with van der Waals surface area (Å²) in [6, 6.07) is 1.41. The van der Waals surface area contributed by atoms with Crippen molar-refractivity contribution >= 4 is 23.4 Å². The van der Waals surface area contributed by atoms with Gasteiger partial charge in [-0.2, -0.15) is 0 Å². The number of rotatable bonds is 7. The molecule has 0 unspecified atom stereocenters. The van der Waals surface area contributed by atoms with Gasteiger partial charge in [0.1, 0.15) is 5.82 Å². The zero-order chi connectivity index (χ0) is 13.5. The van der Waals surface area contributed by atoms with Crippen molar-refractivity contribution in [1.29, 1.82) is 0 Å². The molecule has 6 heteroatoms. The van der Waals surface area contributed by atoms with Crippen molar-refractivity contribution in [3.8, 4) is 0 Å². The number of hydrogen-bond acceptors (Lipinski definition) is 4. The second kappa shape index (κ2) is 7.18. The average Bonchev–Trinajstić information content (AvgIpc) is 2.30. The molecule has 0 bridgehead atoms. The van der Waals surface area contributed by atoms with E-state index >= 15 is 0 Å². The topological polar surface area (TPSA) is 71.5 Å². The van der Waals surface area contributed by atoms with Crippen LogP contribution in [0.5, 0.6) is 0 Å². The van der Waals surface area contributed by atoms with Crippen LogP contribution in [0.25, 0.3) is 0 Å². The fourth-order valence-corrected chi connectivity index (χ4v) is 1.45. The fraction of sp³-hybridized carbons (Fsp3) is 0.500. The first-order chi connectivity index (χ1) is 8.50. The van der Waals surface area contributed by atoms with E-state index in [0.29, 0.717) is 31.5 Å². The van der Waals surface area contributed by atoms with Gasteiger partial charge in [0.25, 0.3) is 0 Å². The second-order valence-electron chi connectivity index (χ2n) is 4.25. The molecule has 0 saturated carbocycles. The Kier molecular flexibility index (Phi) is 5.88. The predicted octanol–water partition coefficient (Wildman–Crippen LogP) is 2.52. The minimum atomic E-state index is -1.07. The van der Waals surface area contributed by atoms with Crippen LogP contribution >= 0.6 is 11.6 Å². The first-order valence-corrected chi connectivity index (χ1v) is 6.09. The molecule has 18 heavy (non-hydrogen) atoms. The lowest BCUT2D eigenvalue weighted by Gasteiger charge is -2.09. The van der Waals surface area contributed by atoms with Gasteiger partial charge in [-0.25, -0.2) is 9.78 Å². The van der Waals surface area contributed by atoms with E-state index in [1.165, 1.54) is 12.3 Å². The average molecular weight is 273 g/mol. The molecule has 0 aliphatic rings. The van der Waals surface area contributed by atoms with E-state index in [9.17, 15) is 4.79 Å². The Morgan fingerprint density at radius 2 is 2.33 bits per heavy atom. The Morgan fingerprint density at radius 3 is 2.94 bits per heavy atom. The molecule has 0 aliphatic carbocycles. The highest BCUT2D eigenvalue weighted by Gasteiger charge is 2.09. The van der Waals surface area contributed by atoms with Crippen LogP contribution in [-0.4, -0.2) is 35.8 Å². The summed E-state index contributed by atoms with van der Waals surface area (Å²) in [5, 5.41) is 12.0. The maximum absolute atomic E-state index is 10.9. The lowest BCUT2D eigenvalue weighted by atomic mass is 10.2. The zero-order valence-corrected chi connectivity index (χ0v) is 11.2. The highest BCUT2D eigenvalue weighted by molar-refractivity contribution is 6.33. The molecule has 0 amide bonds. The van der Waals surface area contributed by atoms with Crippen molar-refractivity contribution < 1.29 is 14.6 Å². The van der Waals surface area contributed by atoms with Crippen molar-refractivity contribution in [2.24, 2.45) is 5.92 Å². The maximum atomic E-state index is 10.9. The van der Waals surface area contributed by atoms with Crippen molar-refractivity contribution in [2.75, 3.05) is 25.1 Å². The van der Waals surface area contributed by atoms with Crippen molar-refractivity contribution in [1.82, 2.24) is 4.98 Å². The Morgan fingerprint density at radius 1 is 1.61 bits per heavy atom. The molecule has 0 fully saturated rings. The number of aromatic carboxylic acids is 1. The minimum Gasteiger partial charge on any atom is -0.478 e. The van der Waals surface area contributed by atoms with Gasteiger partial charge in [0.05, 0.1) is 17.2 Å². The number of nitrogens with zero attached hydrogens (tertiary/aromatic N) is 1. The van der Waals surface area contributed by atoms with Gasteiger partial charge in [-0.3, -0.25) is 0 Å². The quantitative estimate of drug-likeness (QED) is 0.746. The molecule has 0 atom stereocenters. The van der Waals surface area contributed by atoms with Crippen LogP contribution < -0.4 is 5.32 Å². The second-order valence-corrected chi connectivity index (χ2v) is 4.66. The molecule has 0 spiro atoms. The van der Waals surface area contributed by atoms with Gasteiger partial charge in [0.15, 0.2) is 0 Å². The number of ether oxygens (including phenoxy) is 1. The molecule has 0 aliphatic heterocycles. The molecular formula is C12H17ClN2O3. The Labute approximate surface area is 111 Å². The SMILES string of the molecule is CC(C)COCCNc1cc(C(=O)O)c(Cl)cn1. The molecular weight excluding hydrogens is 256 g/mol. The number of anilines is 1. The number of pyridine rings is 1. The minimum absolute atomic E-state index is 0.0391. The van der Waals surface area contributed by atoms with Gasteiger partial charge in [0.2, 0.25) is 0 Å². The summed E-state index contributed by atoms with van der Waals surface area (Å²) in [7, 11) is 0. The third-order valence-corrected chi connectivity index (χ3v) is 2.39. The third kappa shape index (κ3) is 4.89. The highest BCUT2D eigenvalue weighted by Crippen LogP contribution is 2.17. The van der Waals surface area contributed by atoms with Crippen LogP contribution in [0.1, 0.15) is 24.2 Å². The maximum Gasteiger partial charge on any atom is 0.337 e. The van der Waals surface area contributed by atoms with Crippen LogP contribution in [0.3, 0.4) is 0 Å². The molecule has 5 nitrogen and oxygen atoms in total. The monoisotopic (exact) mass is 272 g/mol. The molecule has 0 saturated heterocycles. The molecule has 1 aromatic rings. The molecule has 1 rings (SSSR count). The summed E-state index contributed by atoms with van der Waals surface area (Å²) in [6.07, 6.45) is 1.32. The van der Waals surface area contributed by atoms with E-state index in [-0.39, 0.29) is 10.6 Å². The van der Waals surface area contributed by atoms with E-state index < -0.39 is 5.97 Å². The first-order valence-electron chi connectivity index (χ1n) is 5.71. The predicted molar refractivity (Wildman–Crippen MR) is 70.4 cm³/mol. The normalized spacial score (nSPS) is 10.7. The van der Waals surface area contributed by atoms with E-state index in [1.807, 2.05) is 0 Å². The Balaban J connectivity index is 2.43. The number of carboxylic acid groups (broad SMARTS) is 1. The molecule has 0 aromatic carbocycles. The van der Waals surface area contributed by atoms with Crippen LogP contribution in [0, 0.1) is 5.92 Å².